The van der Waals surface area contributed by atoms with Gasteiger partial charge in [-0.15, -0.1) is 12.4 Å². The standard InChI is InChI=1S/C16H24N2O.ClH/c1-16(7-8-17-12-16)13-18-9-10-19-15(11-18)14-5-3-2-4-6-14;/h2-6,15,17H,7-13H2,1H3;1H. The van der Waals surface area contributed by atoms with Crippen LogP contribution in [0, 0.1) is 5.41 Å². The van der Waals surface area contributed by atoms with Crippen LogP contribution >= 0.6 is 12.4 Å². The minimum Gasteiger partial charge on any atom is -0.371 e. The summed E-state index contributed by atoms with van der Waals surface area (Å²) in [6.07, 6.45) is 1.54. The van der Waals surface area contributed by atoms with Crippen LogP contribution in [-0.4, -0.2) is 44.2 Å². The Labute approximate surface area is 128 Å². The molecule has 0 radical (unpaired) electrons. The molecule has 2 unspecified atom stereocenters. The molecule has 1 aromatic rings. The molecule has 2 fully saturated rings. The third-order valence-corrected chi connectivity index (χ3v) is 4.38. The molecule has 2 aliphatic rings. The van der Waals surface area contributed by atoms with Gasteiger partial charge in [0, 0.05) is 26.2 Å². The van der Waals surface area contributed by atoms with Gasteiger partial charge in [0.05, 0.1) is 12.7 Å². The average Bonchev–Trinajstić information content (AvgIpc) is 2.86. The molecule has 112 valence electrons. The summed E-state index contributed by atoms with van der Waals surface area (Å²) in [7, 11) is 0. The topological polar surface area (TPSA) is 24.5 Å². The van der Waals surface area contributed by atoms with Gasteiger partial charge in [-0.3, -0.25) is 4.90 Å². The highest BCUT2D eigenvalue weighted by Crippen LogP contribution is 2.29. The van der Waals surface area contributed by atoms with Crippen molar-refractivity contribution in [2.45, 2.75) is 19.4 Å². The van der Waals surface area contributed by atoms with E-state index in [1.165, 1.54) is 25.1 Å². The van der Waals surface area contributed by atoms with Crippen molar-refractivity contribution in [3.05, 3.63) is 35.9 Å². The molecule has 20 heavy (non-hydrogen) atoms. The lowest BCUT2D eigenvalue weighted by Gasteiger charge is -2.37. The highest BCUT2D eigenvalue weighted by Gasteiger charge is 2.32. The van der Waals surface area contributed by atoms with E-state index < -0.39 is 0 Å². The Morgan fingerprint density at radius 3 is 2.85 bits per heavy atom. The van der Waals surface area contributed by atoms with Gasteiger partial charge in [0.15, 0.2) is 0 Å². The van der Waals surface area contributed by atoms with Crippen molar-refractivity contribution in [1.82, 2.24) is 10.2 Å². The number of halogens is 1. The largest absolute Gasteiger partial charge is 0.371 e. The third kappa shape index (κ3) is 3.73. The molecule has 0 saturated carbocycles. The molecule has 0 aliphatic carbocycles. The van der Waals surface area contributed by atoms with Crippen molar-refractivity contribution in [2.75, 3.05) is 39.3 Å². The van der Waals surface area contributed by atoms with E-state index in [4.69, 9.17) is 4.74 Å². The summed E-state index contributed by atoms with van der Waals surface area (Å²) in [5.41, 5.74) is 1.75. The van der Waals surface area contributed by atoms with Crippen LogP contribution in [0.3, 0.4) is 0 Å². The molecule has 3 nitrogen and oxygen atoms in total. The molecule has 2 atom stereocenters. The fourth-order valence-corrected chi connectivity index (χ4v) is 3.26. The highest BCUT2D eigenvalue weighted by atomic mass is 35.5. The maximum Gasteiger partial charge on any atom is 0.0952 e. The number of morpholine rings is 1. The summed E-state index contributed by atoms with van der Waals surface area (Å²) >= 11 is 0. The summed E-state index contributed by atoms with van der Waals surface area (Å²) in [5, 5.41) is 3.49. The van der Waals surface area contributed by atoms with E-state index in [1.807, 2.05) is 0 Å². The molecule has 0 amide bonds. The summed E-state index contributed by atoms with van der Waals surface area (Å²) < 4.78 is 5.93. The van der Waals surface area contributed by atoms with Gasteiger partial charge in [-0.2, -0.15) is 0 Å². The molecule has 2 heterocycles. The van der Waals surface area contributed by atoms with Crippen molar-refractivity contribution < 1.29 is 4.74 Å². The van der Waals surface area contributed by atoms with Crippen molar-refractivity contribution in [3.8, 4) is 0 Å². The maximum atomic E-state index is 5.93. The first kappa shape index (κ1) is 15.8. The summed E-state index contributed by atoms with van der Waals surface area (Å²) in [5.74, 6) is 0. The van der Waals surface area contributed by atoms with Gasteiger partial charge >= 0.3 is 0 Å². The second-order valence-corrected chi connectivity index (χ2v) is 6.24. The third-order valence-electron chi connectivity index (χ3n) is 4.38. The Balaban J connectivity index is 0.00000147. The molecule has 1 aromatic carbocycles. The molecule has 1 N–H and O–H groups in total. The monoisotopic (exact) mass is 296 g/mol. The number of benzene rings is 1. The van der Waals surface area contributed by atoms with Crippen LogP contribution < -0.4 is 5.32 Å². The molecule has 4 heteroatoms. The van der Waals surface area contributed by atoms with Crippen LogP contribution in [0.25, 0.3) is 0 Å². The minimum atomic E-state index is 0. The number of hydrogen-bond donors (Lipinski definition) is 1. The SMILES string of the molecule is CC1(CN2CCOC(c3ccccc3)C2)CCNC1.Cl. The van der Waals surface area contributed by atoms with Crippen LogP contribution in [0.15, 0.2) is 30.3 Å². The van der Waals surface area contributed by atoms with Gasteiger partial charge in [0.1, 0.15) is 0 Å². The number of hydrogen-bond acceptors (Lipinski definition) is 3. The predicted octanol–water partition coefficient (Wildman–Crippen LogP) is 2.48. The van der Waals surface area contributed by atoms with E-state index in [0.29, 0.717) is 5.41 Å². The fourth-order valence-electron chi connectivity index (χ4n) is 3.26. The number of nitrogens with one attached hydrogen (secondary N) is 1. The van der Waals surface area contributed by atoms with Gasteiger partial charge in [-0.25, -0.2) is 0 Å². The molecule has 0 spiro atoms. The van der Waals surface area contributed by atoms with Crippen molar-refractivity contribution in [1.29, 1.82) is 0 Å². The van der Waals surface area contributed by atoms with Gasteiger partial charge < -0.3 is 10.1 Å². The van der Waals surface area contributed by atoms with Crippen molar-refractivity contribution in [3.63, 3.8) is 0 Å². The Hall–Kier alpha value is -0.610. The van der Waals surface area contributed by atoms with E-state index in [1.54, 1.807) is 0 Å². The van der Waals surface area contributed by atoms with E-state index in [0.717, 1.165) is 26.2 Å². The predicted molar refractivity (Wildman–Crippen MR) is 84.4 cm³/mol. The first-order valence-electron chi connectivity index (χ1n) is 7.35. The quantitative estimate of drug-likeness (QED) is 0.927. The lowest BCUT2D eigenvalue weighted by atomic mass is 9.89. The van der Waals surface area contributed by atoms with Gasteiger partial charge in [-0.05, 0) is 23.9 Å². The Morgan fingerprint density at radius 1 is 1.35 bits per heavy atom. The Bertz CT molecular complexity index is 406. The van der Waals surface area contributed by atoms with Crippen LogP contribution in [0.5, 0.6) is 0 Å². The lowest BCUT2D eigenvalue weighted by molar-refractivity contribution is -0.0400. The highest BCUT2D eigenvalue weighted by molar-refractivity contribution is 5.85. The Morgan fingerprint density at radius 2 is 2.15 bits per heavy atom. The lowest BCUT2D eigenvalue weighted by Crippen LogP contribution is -2.44. The minimum absolute atomic E-state index is 0. The second-order valence-electron chi connectivity index (χ2n) is 6.24. The first-order valence-corrected chi connectivity index (χ1v) is 7.35. The number of rotatable bonds is 3. The average molecular weight is 297 g/mol. The van der Waals surface area contributed by atoms with Crippen LogP contribution in [0.2, 0.25) is 0 Å². The van der Waals surface area contributed by atoms with Crippen molar-refractivity contribution >= 4 is 12.4 Å². The molecular weight excluding hydrogens is 272 g/mol. The van der Waals surface area contributed by atoms with Gasteiger partial charge in [0.2, 0.25) is 0 Å². The zero-order valence-corrected chi connectivity index (χ0v) is 13.0. The maximum absolute atomic E-state index is 5.93. The molecule has 0 aromatic heterocycles. The summed E-state index contributed by atoms with van der Waals surface area (Å²) in [4.78, 5) is 2.58. The second kappa shape index (κ2) is 6.90. The van der Waals surface area contributed by atoms with E-state index >= 15 is 0 Å². The van der Waals surface area contributed by atoms with Crippen molar-refractivity contribution in [2.24, 2.45) is 5.41 Å². The van der Waals surface area contributed by atoms with Crippen LogP contribution in [0.4, 0.5) is 0 Å². The van der Waals surface area contributed by atoms with Gasteiger partial charge in [-0.1, -0.05) is 37.3 Å². The normalized spacial score (nSPS) is 30.9. The summed E-state index contributed by atoms with van der Waals surface area (Å²) in [6.45, 7) is 8.86. The van der Waals surface area contributed by atoms with Crippen LogP contribution in [-0.2, 0) is 4.74 Å². The van der Waals surface area contributed by atoms with E-state index in [2.05, 4.69) is 47.5 Å². The molecule has 0 bridgehead atoms. The van der Waals surface area contributed by atoms with E-state index in [9.17, 15) is 0 Å². The van der Waals surface area contributed by atoms with Gasteiger partial charge in [0.25, 0.3) is 0 Å². The van der Waals surface area contributed by atoms with E-state index in [-0.39, 0.29) is 18.5 Å². The number of ether oxygens (including phenoxy) is 1. The zero-order valence-electron chi connectivity index (χ0n) is 12.2. The zero-order chi connectivity index (χ0) is 13.1. The molecule has 2 saturated heterocycles. The van der Waals surface area contributed by atoms with Crippen LogP contribution in [0.1, 0.15) is 25.0 Å². The Kier molecular flexibility index (Phi) is 5.44. The number of nitrogens with zero attached hydrogens (tertiary/aromatic N) is 1. The molecule has 3 rings (SSSR count). The fraction of sp³-hybridized carbons (Fsp3) is 0.625. The smallest absolute Gasteiger partial charge is 0.0952 e. The first-order chi connectivity index (χ1) is 9.25. The molecular formula is C16H25ClN2O. The molecule has 2 aliphatic heterocycles. The summed E-state index contributed by atoms with van der Waals surface area (Å²) in [6, 6.07) is 10.6.